The molecule has 7 nitrogen and oxygen atoms in total. The van der Waals surface area contributed by atoms with E-state index < -0.39 is 5.91 Å². The van der Waals surface area contributed by atoms with E-state index in [1.807, 2.05) is 11.0 Å². The number of amides is 2. The quantitative estimate of drug-likeness (QED) is 0.761. The molecule has 2 aliphatic heterocycles. The van der Waals surface area contributed by atoms with Gasteiger partial charge in [0.1, 0.15) is 5.82 Å². The van der Waals surface area contributed by atoms with Crippen LogP contribution in [-0.2, 0) is 4.79 Å². The Balaban J connectivity index is 1.49. The fourth-order valence-electron chi connectivity index (χ4n) is 5.15. The molecule has 2 fully saturated rings. The fraction of sp³-hybridized carbons (Fsp3) is 0.435. The van der Waals surface area contributed by atoms with E-state index >= 15 is 0 Å². The molecule has 3 atom stereocenters. The minimum absolute atomic E-state index is 0.0639. The number of hydrogen-bond donors (Lipinski definition) is 2. The number of halogens is 1. The molecule has 2 aliphatic rings. The number of nitrogens with zero attached hydrogens (tertiary/aromatic N) is 2. The van der Waals surface area contributed by atoms with E-state index in [1.165, 1.54) is 18.2 Å². The van der Waals surface area contributed by atoms with Crippen molar-refractivity contribution >= 4 is 11.8 Å². The Morgan fingerprint density at radius 1 is 1.16 bits per heavy atom. The Morgan fingerprint density at radius 2 is 1.84 bits per heavy atom. The van der Waals surface area contributed by atoms with Crippen LogP contribution < -0.4 is 11.3 Å². The normalized spacial score (nSPS) is 21.8. The number of aromatic nitrogens is 1. The molecule has 1 aromatic carbocycles. The number of pyridine rings is 1. The summed E-state index contributed by atoms with van der Waals surface area (Å²) in [5.41, 5.74) is 7.83. The number of nitrogens with two attached hydrogens (primary N) is 1. The average molecular weight is 426 g/mol. The molecule has 31 heavy (non-hydrogen) atoms. The number of carbonyl (C=O) groups excluding carboxylic acids is 2. The third-order valence-electron chi connectivity index (χ3n) is 6.51. The van der Waals surface area contributed by atoms with Crippen LogP contribution in [0.25, 0.3) is 0 Å². The Morgan fingerprint density at radius 3 is 2.42 bits per heavy atom. The van der Waals surface area contributed by atoms with Crippen LogP contribution in [0.4, 0.5) is 4.39 Å². The van der Waals surface area contributed by atoms with Crippen LogP contribution in [0.3, 0.4) is 0 Å². The molecular formula is C23H27FN4O3. The summed E-state index contributed by atoms with van der Waals surface area (Å²) in [7, 11) is 0. The first-order valence-corrected chi connectivity index (χ1v) is 10.5. The van der Waals surface area contributed by atoms with Crippen molar-refractivity contribution in [3.63, 3.8) is 0 Å². The van der Waals surface area contributed by atoms with Crippen molar-refractivity contribution in [1.29, 1.82) is 0 Å². The van der Waals surface area contributed by atoms with Crippen LogP contribution in [0.5, 0.6) is 0 Å². The molecule has 8 heteroatoms. The van der Waals surface area contributed by atoms with E-state index in [-0.39, 0.29) is 41.6 Å². The first-order valence-electron chi connectivity index (χ1n) is 10.5. The highest BCUT2D eigenvalue weighted by Crippen LogP contribution is 2.38. The highest BCUT2D eigenvalue weighted by molar-refractivity contribution is 5.96. The van der Waals surface area contributed by atoms with Gasteiger partial charge in [-0.15, -0.1) is 0 Å². The summed E-state index contributed by atoms with van der Waals surface area (Å²) in [6.45, 7) is 6.18. The van der Waals surface area contributed by atoms with Gasteiger partial charge < -0.3 is 15.6 Å². The Kier molecular flexibility index (Phi) is 5.66. The predicted molar refractivity (Wildman–Crippen MR) is 114 cm³/mol. The highest BCUT2D eigenvalue weighted by atomic mass is 19.1. The molecule has 2 unspecified atom stereocenters. The Bertz CT molecular complexity index is 1040. The largest absolute Gasteiger partial charge is 0.370 e. The highest BCUT2D eigenvalue weighted by Gasteiger charge is 2.44. The number of hydrogen-bond acceptors (Lipinski definition) is 4. The predicted octanol–water partition coefficient (Wildman–Crippen LogP) is 1.75. The lowest BCUT2D eigenvalue weighted by Crippen LogP contribution is -2.36. The number of benzene rings is 1. The van der Waals surface area contributed by atoms with Crippen LogP contribution >= 0.6 is 0 Å². The minimum Gasteiger partial charge on any atom is -0.370 e. The molecule has 0 spiro atoms. The zero-order chi connectivity index (χ0) is 22.3. The fourth-order valence-corrected chi connectivity index (χ4v) is 5.15. The van der Waals surface area contributed by atoms with Gasteiger partial charge in [0.05, 0.1) is 5.56 Å². The van der Waals surface area contributed by atoms with E-state index in [1.54, 1.807) is 19.9 Å². The Hall–Kier alpha value is -3.00. The molecule has 164 valence electrons. The van der Waals surface area contributed by atoms with Crippen molar-refractivity contribution < 1.29 is 14.0 Å². The molecule has 2 aromatic rings. The standard InChI is InChI=1S/C23H27FN4O3/c1-13-6-21(30)26-14(2)22(13)23(31)28-11-16-9-27(10-17(16)12-28)19(8-20(25)29)15-4-3-5-18(24)7-15/h3-7,16-17,19H,8-12H2,1-2H3,(H2,25,29)(H,26,30)/t16?,17?,19-/m0/s1. The first kappa shape index (κ1) is 21.2. The number of primary amides is 1. The van der Waals surface area contributed by atoms with Gasteiger partial charge in [0.2, 0.25) is 11.5 Å². The second-order valence-corrected chi connectivity index (χ2v) is 8.74. The molecule has 2 saturated heterocycles. The second kappa shape index (κ2) is 8.26. The number of H-pyrrole nitrogens is 1. The van der Waals surface area contributed by atoms with Crippen LogP contribution in [0.2, 0.25) is 0 Å². The lowest BCUT2D eigenvalue weighted by molar-refractivity contribution is -0.119. The van der Waals surface area contributed by atoms with Gasteiger partial charge in [0.25, 0.3) is 5.91 Å². The summed E-state index contributed by atoms with van der Waals surface area (Å²) < 4.78 is 13.8. The van der Waals surface area contributed by atoms with Gasteiger partial charge in [-0.1, -0.05) is 12.1 Å². The summed E-state index contributed by atoms with van der Waals surface area (Å²) in [5, 5.41) is 0. The first-order chi connectivity index (χ1) is 14.7. The molecule has 3 heterocycles. The van der Waals surface area contributed by atoms with E-state index in [0.717, 1.165) is 5.56 Å². The summed E-state index contributed by atoms with van der Waals surface area (Å²) in [6.07, 6.45) is 0.126. The lowest BCUT2D eigenvalue weighted by Gasteiger charge is -2.29. The summed E-state index contributed by atoms with van der Waals surface area (Å²) in [5.74, 6) is -0.277. The number of carbonyl (C=O) groups is 2. The monoisotopic (exact) mass is 426 g/mol. The minimum atomic E-state index is -0.424. The molecule has 3 N–H and O–H groups in total. The molecule has 2 amide bonds. The molecule has 0 radical (unpaired) electrons. The Labute approximate surface area is 180 Å². The van der Waals surface area contributed by atoms with Gasteiger partial charge in [-0.05, 0) is 48.9 Å². The molecule has 0 saturated carbocycles. The van der Waals surface area contributed by atoms with Crippen LogP contribution in [0.1, 0.15) is 39.6 Å². The zero-order valence-corrected chi connectivity index (χ0v) is 17.7. The molecule has 4 rings (SSSR count). The van der Waals surface area contributed by atoms with Crippen LogP contribution in [0, 0.1) is 31.5 Å². The average Bonchev–Trinajstić information content (AvgIpc) is 3.24. The summed E-state index contributed by atoms with van der Waals surface area (Å²) in [6, 6.07) is 7.48. The number of nitrogens with one attached hydrogen (secondary N) is 1. The maximum Gasteiger partial charge on any atom is 0.255 e. The summed E-state index contributed by atoms with van der Waals surface area (Å²) >= 11 is 0. The van der Waals surface area contributed by atoms with Crippen molar-refractivity contribution in [2.75, 3.05) is 26.2 Å². The lowest BCUT2D eigenvalue weighted by atomic mass is 10.0. The molecule has 1 aromatic heterocycles. The van der Waals surface area contributed by atoms with Crippen molar-refractivity contribution in [3.8, 4) is 0 Å². The zero-order valence-electron chi connectivity index (χ0n) is 17.7. The number of aryl methyl sites for hydroxylation is 2. The van der Waals surface area contributed by atoms with Crippen molar-refractivity contribution in [2.24, 2.45) is 17.6 Å². The van der Waals surface area contributed by atoms with E-state index in [0.29, 0.717) is 43.0 Å². The number of rotatable bonds is 5. The topological polar surface area (TPSA) is 99.5 Å². The molecule has 0 aliphatic carbocycles. The van der Waals surface area contributed by atoms with Gasteiger partial charge in [-0.25, -0.2) is 4.39 Å². The number of likely N-dealkylation sites (tertiary alicyclic amines) is 2. The van der Waals surface area contributed by atoms with Crippen LogP contribution in [-0.4, -0.2) is 52.8 Å². The van der Waals surface area contributed by atoms with E-state index in [2.05, 4.69) is 9.88 Å². The number of aromatic amines is 1. The third kappa shape index (κ3) is 4.25. The van der Waals surface area contributed by atoms with Crippen LogP contribution in [0.15, 0.2) is 35.1 Å². The van der Waals surface area contributed by atoms with Gasteiger partial charge in [0, 0.05) is 50.4 Å². The molecule has 0 bridgehead atoms. The van der Waals surface area contributed by atoms with Gasteiger partial charge >= 0.3 is 0 Å². The third-order valence-corrected chi connectivity index (χ3v) is 6.51. The van der Waals surface area contributed by atoms with Gasteiger partial charge in [0.15, 0.2) is 0 Å². The van der Waals surface area contributed by atoms with Gasteiger partial charge in [-0.3, -0.25) is 19.3 Å². The smallest absolute Gasteiger partial charge is 0.255 e. The number of fused-ring (bicyclic) bond motifs is 1. The van der Waals surface area contributed by atoms with E-state index in [9.17, 15) is 18.8 Å². The summed E-state index contributed by atoms with van der Waals surface area (Å²) in [4.78, 5) is 43.2. The SMILES string of the molecule is Cc1cc(=O)[nH]c(C)c1C(=O)N1CC2CN([C@@H](CC(N)=O)c3cccc(F)c3)CC2C1. The van der Waals surface area contributed by atoms with E-state index in [4.69, 9.17) is 5.73 Å². The van der Waals surface area contributed by atoms with Gasteiger partial charge in [-0.2, -0.15) is 0 Å². The second-order valence-electron chi connectivity index (χ2n) is 8.74. The maximum atomic E-state index is 13.8. The van der Waals surface area contributed by atoms with Crippen molar-refractivity contribution in [3.05, 3.63) is 68.9 Å². The van der Waals surface area contributed by atoms with Crippen molar-refractivity contribution in [2.45, 2.75) is 26.3 Å². The van der Waals surface area contributed by atoms with Crippen molar-refractivity contribution in [1.82, 2.24) is 14.8 Å². The maximum absolute atomic E-state index is 13.8. The molecular weight excluding hydrogens is 399 g/mol.